The molecule has 0 saturated carbocycles. The monoisotopic (exact) mass is 516 g/mol. The Bertz CT molecular complexity index is 1250. The first-order chi connectivity index (χ1) is 17.9. The summed E-state index contributed by atoms with van der Waals surface area (Å²) in [4.78, 5) is 20.6. The first kappa shape index (κ1) is 25.2. The minimum atomic E-state index is -0.164. The molecule has 0 aromatic heterocycles. The molecule has 2 aromatic rings. The van der Waals surface area contributed by atoms with Crippen LogP contribution in [0.4, 0.5) is 5.69 Å². The lowest BCUT2D eigenvalue weighted by Gasteiger charge is -2.42. The van der Waals surface area contributed by atoms with Gasteiger partial charge < -0.3 is 9.64 Å². The van der Waals surface area contributed by atoms with Crippen LogP contribution in [0.1, 0.15) is 73.1 Å². The van der Waals surface area contributed by atoms with Crippen LogP contribution in [-0.2, 0) is 23.0 Å². The minimum Gasteiger partial charge on any atom is -0.379 e. The van der Waals surface area contributed by atoms with Gasteiger partial charge in [-0.3, -0.25) is 9.69 Å². The second kappa shape index (κ2) is 9.91. The van der Waals surface area contributed by atoms with Crippen molar-refractivity contribution in [3.8, 4) is 0 Å². The third-order valence-corrected chi connectivity index (χ3v) is 10.1. The number of piperidine rings is 1. The number of nitrogens with zero attached hydrogens (tertiary/aromatic N) is 2. The molecule has 37 heavy (non-hydrogen) atoms. The summed E-state index contributed by atoms with van der Waals surface area (Å²) in [5.41, 5.74) is 9.39. The Morgan fingerprint density at radius 3 is 2.46 bits per heavy atom. The van der Waals surface area contributed by atoms with E-state index >= 15 is 0 Å². The number of morpholine rings is 1. The number of ether oxygens (including phenoxy) is 1. The van der Waals surface area contributed by atoms with E-state index in [2.05, 4.69) is 67.8 Å². The highest BCUT2D eigenvalue weighted by molar-refractivity contribution is 7.99. The van der Waals surface area contributed by atoms with Crippen molar-refractivity contribution in [1.82, 2.24) is 4.90 Å². The number of hydrogen-bond acceptors (Lipinski definition) is 5. The Balaban J connectivity index is 1.31. The van der Waals surface area contributed by atoms with Crippen LogP contribution >= 0.6 is 11.8 Å². The number of carbonyl (C=O) groups is 1. The summed E-state index contributed by atoms with van der Waals surface area (Å²) < 4.78 is 5.57. The van der Waals surface area contributed by atoms with Gasteiger partial charge in [-0.25, -0.2) is 0 Å². The fourth-order valence-corrected chi connectivity index (χ4v) is 7.80. The smallest absolute Gasteiger partial charge is 0.193 e. The molecule has 0 N–H and O–H groups in total. The molecule has 0 amide bonds. The van der Waals surface area contributed by atoms with Gasteiger partial charge in [-0.15, -0.1) is 11.8 Å². The van der Waals surface area contributed by atoms with Crippen LogP contribution in [0.3, 0.4) is 0 Å². The van der Waals surface area contributed by atoms with Crippen molar-refractivity contribution in [2.75, 3.05) is 50.0 Å². The molecule has 5 heteroatoms. The summed E-state index contributed by atoms with van der Waals surface area (Å²) in [6, 6.07) is 12.0. The zero-order valence-corrected chi connectivity index (χ0v) is 23.7. The van der Waals surface area contributed by atoms with E-state index in [1.54, 1.807) is 0 Å². The molecule has 0 atom stereocenters. The SMILES string of the molecule is CCSc1ccc2c(c1)CC1=C2C(=O)c2cc(CC)c(N3CCC(N4CCOCC4)CC3)cc2C1(C)C. The van der Waals surface area contributed by atoms with E-state index in [-0.39, 0.29) is 11.2 Å². The number of hydrogen-bond donors (Lipinski definition) is 0. The molecule has 2 fully saturated rings. The van der Waals surface area contributed by atoms with E-state index in [9.17, 15) is 4.79 Å². The molecular weight excluding hydrogens is 476 g/mol. The van der Waals surface area contributed by atoms with Crippen LogP contribution in [0.5, 0.6) is 0 Å². The third-order valence-electron chi connectivity index (χ3n) is 9.19. The molecule has 2 aromatic carbocycles. The van der Waals surface area contributed by atoms with E-state index in [1.165, 1.54) is 45.7 Å². The van der Waals surface area contributed by atoms with E-state index in [0.717, 1.165) is 74.7 Å². The van der Waals surface area contributed by atoms with Gasteiger partial charge in [0.05, 0.1) is 13.2 Å². The largest absolute Gasteiger partial charge is 0.379 e. The maximum absolute atomic E-state index is 14.0. The first-order valence-electron chi connectivity index (χ1n) is 14.2. The molecule has 2 aliphatic heterocycles. The van der Waals surface area contributed by atoms with Crippen molar-refractivity contribution < 1.29 is 9.53 Å². The molecule has 196 valence electrons. The topological polar surface area (TPSA) is 32.8 Å². The van der Waals surface area contributed by atoms with Crippen molar-refractivity contribution in [2.45, 2.75) is 69.7 Å². The fraction of sp³-hybridized carbons (Fsp3) is 0.531. The maximum atomic E-state index is 14.0. The minimum absolute atomic E-state index is 0.164. The number of benzene rings is 2. The average molecular weight is 517 g/mol. The molecule has 6 rings (SSSR count). The Kier molecular flexibility index (Phi) is 6.75. The molecule has 4 nitrogen and oxygen atoms in total. The van der Waals surface area contributed by atoms with Crippen LogP contribution in [0.2, 0.25) is 0 Å². The van der Waals surface area contributed by atoms with Crippen molar-refractivity contribution in [3.05, 3.63) is 63.7 Å². The Hall–Kier alpha value is -2.08. The van der Waals surface area contributed by atoms with Crippen LogP contribution in [0, 0.1) is 0 Å². The lowest BCUT2D eigenvalue weighted by atomic mass is 9.68. The number of carbonyl (C=O) groups excluding carboxylic acids is 1. The third kappa shape index (κ3) is 4.27. The number of aryl methyl sites for hydroxylation is 1. The molecule has 4 aliphatic rings. The summed E-state index contributed by atoms with van der Waals surface area (Å²) in [5, 5.41) is 0. The van der Waals surface area contributed by atoms with Crippen LogP contribution in [-0.4, -0.2) is 61.9 Å². The summed E-state index contributed by atoms with van der Waals surface area (Å²) in [5.74, 6) is 1.29. The van der Waals surface area contributed by atoms with Crippen molar-refractivity contribution >= 4 is 28.8 Å². The Labute approximate surface area is 226 Å². The maximum Gasteiger partial charge on any atom is 0.193 e. The van der Waals surface area contributed by atoms with E-state index in [1.807, 2.05) is 11.8 Å². The molecule has 2 aliphatic carbocycles. The molecule has 2 heterocycles. The molecule has 0 bridgehead atoms. The molecular formula is C32H40N2O2S. The zero-order valence-electron chi connectivity index (χ0n) is 22.9. The molecule has 0 radical (unpaired) electrons. The highest BCUT2D eigenvalue weighted by Gasteiger charge is 2.43. The van der Waals surface area contributed by atoms with Gasteiger partial charge >= 0.3 is 0 Å². The highest BCUT2D eigenvalue weighted by Crippen LogP contribution is 2.51. The normalized spacial score (nSPS) is 21.7. The number of fused-ring (bicyclic) bond motifs is 3. The van der Waals surface area contributed by atoms with Crippen LogP contribution < -0.4 is 4.90 Å². The van der Waals surface area contributed by atoms with Gasteiger partial charge in [0.1, 0.15) is 0 Å². The molecule has 0 spiro atoms. The molecule has 2 saturated heterocycles. The lowest BCUT2D eigenvalue weighted by molar-refractivity contribution is 0.0115. The zero-order chi connectivity index (χ0) is 25.7. The number of allylic oxidation sites excluding steroid dienone is 2. The summed E-state index contributed by atoms with van der Waals surface area (Å²) in [6.07, 6.45) is 4.23. The van der Waals surface area contributed by atoms with Gasteiger partial charge in [0, 0.05) is 59.4 Å². The van der Waals surface area contributed by atoms with E-state index in [0.29, 0.717) is 6.04 Å². The Morgan fingerprint density at radius 1 is 1.00 bits per heavy atom. The number of ketones is 1. The van der Waals surface area contributed by atoms with Gasteiger partial charge in [0.2, 0.25) is 0 Å². The second-order valence-electron chi connectivity index (χ2n) is 11.5. The number of Topliss-reactive ketones (excluding diaryl/α,β-unsaturated/α-hetero) is 1. The highest BCUT2D eigenvalue weighted by atomic mass is 32.2. The summed E-state index contributed by atoms with van der Waals surface area (Å²) >= 11 is 1.88. The number of thioether (sulfide) groups is 1. The van der Waals surface area contributed by atoms with Crippen LogP contribution in [0.15, 0.2) is 40.8 Å². The predicted molar refractivity (Wildman–Crippen MR) is 154 cm³/mol. The number of rotatable bonds is 5. The van der Waals surface area contributed by atoms with Gasteiger partial charge in [-0.05, 0) is 83.5 Å². The fourth-order valence-electron chi connectivity index (χ4n) is 7.08. The van der Waals surface area contributed by atoms with E-state index in [4.69, 9.17) is 4.74 Å². The van der Waals surface area contributed by atoms with E-state index < -0.39 is 0 Å². The predicted octanol–water partition coefficient (Wildman–Crippen LogP) is 6.15. The standard InChI is InChI=1S/C32H40N2O2S/c1-5-21-18-26-27(20-29(21)34-11-9-23(10-12-34)33-13-15-36-16-14-33)32(3,4)28-19-22-17-24(37-6-2)7-8-25(22)30(28)31(26)35/h7-8,17-18,20,23H,5-6,9-16,19H2,1-4H3. The summed E-state index contributed by atoms with van der Waals surface area (Å²) in [6.45, 7) is 15.1. The van der Waals surface area contributed by atoms with Gasteiger partial charge in [-0.1, -0.05) is 33.8 Å². The van der Waals surface area contributed by atoms with Crippen molar-refractivity contribution in [2.24, 2.45) is 0 Å². The number of anilines is 1. The van der Waals surface area contributed by atoms with Crippen molar-refractivity contribution in [3.63, 3.8) is 0 Å². The first-order valence-corrected chi connectivity index (χ1v) is 15.2. The summed E-state index contributed by atoms with van der Waals surface area (Å²) in [7, 11) is 0. The lowest BCUT2D eigenvalue weighted by Crippen LogP contribution is -2.49. The van der Waals surface area contributed by atoms with Crippen LogP contribution in [0.25, 0.3) is 5.57 Å². The van der Waals surface area contributed by atoms with Crippen molar-refractivity contribution in [1.29, 1.82) is 0 Å². The quantitative estimate of drug-likeness (QED) is 0.446. The van der Waals surface area contributed by atoms with Gasteiger partial charge in [0.25, 0.3) is 0 Å². The average Bonchev–Trinajstić information content (AvgIpc) is 3.32. The Morgan fingerprint density at radius 2 is 1.76 bits per heavy atom. The molecule has 0 unspecified atom stereocenters. The second-order valence-corrected chi connectivity index (χ2v) is 12.8. The van der Waals surface area contributed by atoms with Gasteiger partial charge in [-0.2, -0.15) is 0 Å². The van der Waals surface area contributed by atoms with Gasteiger partial charge in [0.15, 0.2) is 5.78 Å².